The molecular formula is H12Cl2K2O10SSr. The van der Waals surface area contributed by atoms with Crippen molar-refractivity contribution in [2.75, 3.05) is 0 Å². The fourth-order valence-corrected chi connectivity index (χ4v) is 0. The molecule has 0 spiro atoms. The van der Waals surface area contributed by atoms with E-state index in [4.69, 9.17) is 17.5 Å². The van der Waals surface area contributed by atoms with Crippen molar-refractivity contribution in [2.24, 2.45) is 0 Å². The quantitative estimate of drug-likeness (QED) is 0.201. The van der Waals surface area contributed by atoms with Gasteiger partial charge in [-0.05, 0) is 0 Å². The Morgan fingerprint density at radius 3 is 0.625 bits per heavy atom. The van der Waals surface area contributed by atoms with E-state index >= 15 is 0 Å². The number of halogens is 2. The van der Waals surface area contributed by atoms with Crippen molar-refractivity contribution in [3.8, 4) is 0 Å². The van der Waals surface area contributed by atoms with E-state index in [1.165, 1.54) is 0 Å². The smallest absolute Gasteiger partial charge is 1.00 e. The molecule has 0 aliphatic carbocycles. The maximum atomic E-state index is 8.52. The third kappa shape index (κ3) is 248. The Balaban J connectivity index is -0.00000000145. The van der Waals surface area contributed by atoms with Gasteiger partial charge in [0, 0.05) is 10.4 Å². The molecule has 0 amide bonds. The molecule has 0 radical (unpaired) electrons. The molecule has 0 bridgehead atoms. The van der Waals surface area contributed by atoms with Crippen LogP contribution in [-0.4, -0.2) is 95.9 Å². The van der Waals surface area contributed by atoms with Gasteiger partial charge in [-0.3, -0.25) is 8.42 Å². The van der Waals surface area contributed by atoms with E-state index in [1.54, 1.807) is 0 Å². The Morgan fingerprint density at radius 2 is 0.625 bits per heavy atom. The summed E-state index contributed by atoms with van der Waals surface area (Å²) in [5.41, 5.74) is 0. The minimum Gasteiger partial charge on any atom is -1.00 e. The van der Waals surface area contributed by atoms with Gasteiger partial charge < -0.3 is 66.8 Å². The van der Waals surface area contributed by atoms with E-state index in [1.807, 2.05) is 0 Å². The summed E-state index contributed by atoms with van der Waals surface area (Å²) in [6.45, 7) is 0. The van der Waals surface area contributed by atoms with E-state index in [9.17, 15) is 0 Å². The predicted molar refractivity (Wildman–Crippen MR) is 37.9 cm³/mol. The maximum absolute atomic E-state index is 8.52. The van der Waals surface area contributed by atoms with Crippen molar-refractivity contribution in [1.82, 2.24) is 0 Å². The zero-order valence-electron chi connectivity index (χ0n) is 8.50. The third-order valence-corrected chi connectivity index (χ3v) is 0. The summed E-state index contributed by atoms with van der Waals surface area (Å²) in [6.07, 6.45) is 0. The van der Waals surface area contributed by atoms with Gasteiger partial charge in [0.25, 0.3) is 0 Å². The zero-order valence-corrected chi connectivity index (χ0v) is 20.6. The molecule has 0 aromatic rings. The standard InChI is InChI=1S/2ClH.2K.H2O4S.6H2O.Sr/c;;;;1-5(2,3)4;;;;;;;/h2*1H;;;(H2,1,2,3,4);6*1H2;/q;;2*+1;;;;;;;;+2/p-4. The SMILES string of the molecule is O.O.O.O.O.O.O=S(=O)([O-])[O-].[Cl-].[Cl-].[K+].[K+].[Sr+2]. The van der Waals surface area contributed by atoms with E-state index in [2.05, 4.69) is 0 Å². The van der Waals surface area contributed by atoms with E-state index in [0.717, 1.165) is 0 Å². The molecule has 0 fully saturated rings. The summed E-state index contributed by atoms with van der Waals surface area (Å²) >= 11 is 0. The molecule has 0 aromatic heterocycles. The van der Waals surface area contributed by atoms with Gasteiger partial charge in [0.2, 0.25) is 0 Å². The molecule has 16 heteroatoms. The molecule has 0 atom stereocenters. The summed E-state index contributed by atoms with van der Waals surface area (Å²) in [7, 11) is -5.17. The molecule has 16 heavy (non-hydrogen) atoms. The molecule has 0 heterocycles. The Morgan fingerprint density at radius 1 is 0.625 bits per heavy atom. The number of rotatable bonds is 0. The van der Waals surface area contributed by atoms with Gasteiger partial charge in [-0.15, -0.1) is 0 Å². The molecule has 0 aliphatic rings. The first-order valence-corrected chi connectivity index (χ1v) is 2.00. The summed E-state index contributed by atoms with van der Waals surface area (Å²) < 4.78 is 34.1. The zero-order chi connectivity index (χ0) is 4.50. The first-order valence-electron chi connectivity index (χ1n) is 0.667. The van der Waals surface area contributed by atoms with Crippen molar-refractivity contribution >= 4 is 55.9 Å². The predicted octanol–water partition coefficient (Wildman–Crippen LogP) is -18.7. The molecule has 0 rings (SSSR count). The van der Waals surface area contributed by atoms with E-state index < -0.39 is 10.4 Å². The summed E-state index contributed by atoms with van der Waals surface area (Å²) in [4.78, 5) is 0. The van der Waals surface area contributed by atoms with Crippen molar-refractivity contribution in [2.45, 2.75) is 0 Å². The Labute approximate surface area is 227 Å². The van der Waals surface area contributed by atoms with Crippen LogP contribution in [0.25, 0.3) is 0 Å². The van der Waals surface area contributed by atoms with Crippen LogP contribution in [0.4, 0.5) is 0 Å². The van der Waals surface area contributed by atoms with Gasteiger partial charge in [-0.25, -0.2) is 0 Å². The Bertz CT molecular complexity index is 110. The normalized spacial score (nSPS) is 3.62. The number of hydrogen-bond acceptors (Lipinski definition) is 4. The van der Waals surface area contributed by atoms with Gasteiger partial charge in [-0.1, -0.05) is 0 Å². The van der Waals surface area contributed by atoms with Crippen LogP contribution in [0.3, 0.4) is 0 Å². The number of hydrogen-bond donors (Lipinski definition) is 0. The van der Waals surface area contributed by atoms with E-state index in [0.29, 0.717) is 0 Å². The van der Waals surface area contributed by atoms with Crippen LogP contribution in [-0.2, 0) is 10.4 Å². The molecular weight excluding hydrogens is 429 g/mol. The molecule has 0 saturated carbocycles. The second kappa shape index (κ2) is 59.7. The monoisotopic (exact) mass is 440 g/mol. The molecule has 0 aliphatic heterocycles. The molecule has 12 N–H and O–H groups in total. The minimum atomic E-state index is -5.17. The van der Waals surface area contributed by atoms with Gasteiger partial charge in [0.15, 0.2) is 0 Å². The maximum Gasteiger partial charge on any atom is 2.00 e. The average Bonchev–Trinajstić information content (AvgIpc) is 0.722. The van der Waals surface area contributed by atoms with Crippen LogP contribution in [0.2, 0.25) is 0 Å². The topological polar surface area (TPSA) is 269 Å². The molecule has 96 valence electrons. The van der Waals surface area contributed by atoms with Crippen molar-refractivity contribution < 1.29 is 178 Å². The fourth-order valence-electron chi connectivity index (χ4n) is 0. The van der Waals surface area contributed by atoms with E-state index in [-0.39, 0.29) is 206 Å². The minimum absolute atomic E-state index is 0. The van der Waals surface area contributed by atoms with Crippen molar-refractivity contribution in [3.63, 3.8) is 0 Å². The first-order chi connectivity index (χ1) is 2.00. The first kappa shape index (κ1) is 104. The van der Waals surface area contributed by atoms with Crippen LogP contribution < -0.4 is 128 Å². The average molecular weight is 441 g/mol. The van der Waals surface area contributed by atoms with Crippen LogP contribution in [0, 0.1) is 0 Å². The molecule has 0 aromatic carbocycles. The second-order valence-electron chi connectivity index (χ2n) is 0.408. The van der Waals surface area contributed by atoms with Crippen LogP contribution in [0.15, 0.2) is 0 Å². The summed E-state index contributed by atoms with van der Waals surface area (Å²) in [5, 5.41) is 0. The van der Waals surface area contributed by atoms with Crippen LogP contribution in [0.1, 0.15) is 0 Å². The van der Waals surface area contributed by atoms with Crippen molar-refractivity contribution in [1.29, 1.82) is 0 Å². The second-order valence-corrected chi connectivity index (χ2v) is 1.22. The van der Waals surface area contributed by atoms with Gasteiger partial charge >= 0.3 is 148 Å². The molecule has 0 saturated heterocycles. The Kier molecular flexibility index (Phi) is 388. The van der Waals surface area contributed by atoms with Crippen molar-refractivity contribution in [3.05, 3.63) is 0 Å². The van der Waals surface area contributed by atoms with Gasteiger partial charge in [0.1, 0.15) is 0 Å². The van der Waals surface area contributed by atoms with Crippen LogP contribution in [0.5, 0.6) is 0 Å². The third-order valence-electron chi connectivity index (χ3n) is 0. The van der Waals surface area contributed by atoms with Crippen LogP contribution >= 0.6 is 0 Å². The Hall–Kier alpha value is 4.96. The van der Waals surface area contributed by atoms with Gasteiger partial charge in [0.05, 0.1) is 0 Å². The molecule has 10 nitrogen and oxygen atoms in total. The fraction of sp³-hybridized carbons (Fsp3) is 0. The van der Waals surface area contributed by atoms with Gasteiger partial charge in [-0.2, -0.15) is 0 Å². The summed E-state index contributed by atoms with van der Waals surface area (Å²) in [5.74, 6) is 0. The summed E-state index contributed by atoms with van der Waals surface area (Å²) in [6, 6.07) is 0. The largest absolute Gasteiger partial charge is 2.00 e. The molecule has 0 unspecified atom stereocenters.